The molecule has 3 nitrogen and oxygen atoms in total. The highest BCUT2D eigenvalue weighted by atomic mass is 14.7. The number of hydrogen-bond acceptors (Lipinski definition) is 3. The molecule has 1 aromatic heterocycles. The van der Waals surface area contributed by atoms with Crippen LogP contribution in [0.3, 0.4) is 0 Å². The molecule has 66 valence electrons. The average Bonchev–Trinajstić information content (AvgIpc) is 2.19. The van der Waals surface area contributed by atoms with E-state index in [-0.39, 0.29) is 0 Å². The molecule has 0 aliphatic heterocycles. The van der Waals surface area contributed by atoms with Crippen molar-refractivity contribution in [3.8, 4) is 6.07 Å². The first-order valence-corrected chi connectivity index (χ1v) is 4.10. The Bertz CT molecular complexity index is 336. The van der Waals surface area contributed by atoms with Crippen LogP contribution in [0.2, 0.25) is 0 Å². The normalized spacial score (nSPS) is 10.2. The van der Waals surface area contributed by atoms with Gasteiger partial charge in [0.25, 0.3) is 0 Å². The second-order valence-electron chi connectivity index (χ2n) is 2.53. The summed E-state index contributed by atoms with van der Waals surface area (Å²) in [4.78, 5) is 4.07. The molecule has 13 heavy (non-hydrogen) atoms. The summed E-state index contributed by atoms with van der Waals surface area (Å²) in [6.45, 7) is 0.616. The molecule has 1 aromatic rings. The van der Waals surface area contributed by atoms with Gasteiger partial charge in [-0.15, -0.1) is 0 Å². The summed E-state index contributed by atoms with van der Waals surface area (Å²) < 4.78 is 0. The predicted octanol–water partition coefficient (Wildman–Crippen LogP) is 1.32. The van der Waals surface area contributed by atoms with Gasteiger partial charge in [-0.1, -0.05) is 6.08 Å². The summed E-state index contributed by atoms with van der Waals surface area (Å²) in [7, 11) is 0. The van der Waals surface area contributed by atoms with Gasteiger partial charge in [-0.2, -0.15) is 5.26 Å². The third-order valence-corrected chi connectivity index (χ3v) is 1.57. The number of aromatic nitrogens is 1. The van der Waals surface area contributed by atoms with Crippen LogP contribution in [0.1, 0.15) is 17.7 Å². The highest BCUT2D eigenvalue weighted by Gasteiger charge is 1.95. The van der Waals surface area contributed by atoms with Gasteiger partial charge in [-0.25, -0.2) is 0 Å². The molecule has 0 atom stereocenters. The van der Waals surface area contributed by atoms with E-state index in [0.717, 1.165) is 6.42 Å². The topological polar surface area (TPSA) is 62.7 Å². The lowest BCUT2D eigenvalue weighted by molar-refractivity contribution is 1.01. The molecule has 2 N–H and O–H groups in total. The molecule has 3 heteroatoms. The summed E-state index contributed by atoms with van der Waals surface area (Å²) in [5.74, 6) is 0. The number of pyridine rings is 1. The zero-order valence-corrected chi connectivity index (χ0v) is 7.27. The molecule has 0 aromatic carbocycles. The zero-order chi connectivity index (χ0) is 9.52. The minimum Gasteiger partial charge on any atom is -0.330 e. The van der Waals surface area contributed by atoms with Crippen LogP contribution in [-0.4, -0.2) is 11.5 Å². The predicted molar refractivity (Wildman–Crippen MR) is 51.7 cm³/mol. The van der Waals surface area contributed by atoms with E-state index in [1.165, 1.54) is 0 Å². The average molecular weight is 173 g/mol. The third-order valence-electron chi connectivity index (χ3n) is 1.57. The summed E-state index contributed by atoms with van der Waals surface area (Å²) in [6, 6.07) is 5.57. The van der Waals surface area contributed by atoms with Crippen molar-refractivity contribution in [3.63, 3.8) is 0 Å². The van der Waals surface area contributed by atoms with Gasteiger partial charge in [0, 0.05) is 6.20 Å². The monoisotopic (exact) mass is 173 g/mol. The van der Waals surface area contributed by atoms with Gasteiger partial charge in [0.2, 0.25) is 0 Å². The van der Waals surface area contributed by atoms with Crippen molar-refractivity contribution < 1.29 is 0 Å². The fourth-order valence-corrected chi connectivity index (χ4v) is 0.936. The quantitative estimate of drug-likeness (QED) is 0.749. The largest absolute Gasteiger partial charge is 0.330 e. The molecule has 0 spiro atoms. The smallest absolute Gasteiger partial charge is 0.101 e. The van der Waals surface area contributed by atoms with E-state index in [9.17, 15) is 0 Å². The standard InChI is InChI=1S/C10H11N3/c11-6-2-1-5-10-9(8-12)4-3-7-13-10/h1,3-5,7H,2,6,11H2. The Balaban J connectivity index is 2.82. The van der Waals surface area contributed by atoms with E-state index < -0.39 is 0 Å². The maximum absolute atomic E-state index is 8.73. The molecule has 0 unspecified atom stereocenters. The van der Waals surface area contributed by atoms with E-state index in [4.69, 9.17) is 11.0 Å². The maximum atomic E-state index is 8.73. The highest BCUT2D eigenvalue weighted by Crippen LogP contribution is 2.05. The summed E-state index contributed by atoms with van der Waals surface area (Å²) in [6.07, 6.45) is 6.22. The molecule has 0 amide bonds. The first kappa shape index (κ1) is 9.43. The molecule has 0 aliphatic carbocycles. The minimum atomic E-state index is 0.593. The molecular formula is C10H11N3. The second-order valence-corrected chi connectivity index (χ2v) is 2.53. The van der Waals surface area contributed by atoms with Gasteiger partial charge in [-0.3, -0.25) is 4.98 Å². The van der Waals surface area contributed by atoms with Crippen LogP contribution in [0.25, 0.3) is 6.08 Å². The molecule has 0 bridgehead atoms. The lowest BCUT2D eigenvalue weighted by atomic mass is 10.2. The van der Waals surface area contributed by atoms with Gasteiger partial charge in [0.15, 0.2) is 0 Å². The van der Waals surface area contributed by atoms with Crippen LogP contribution in [0.15, 0.2) is 24.4 Å². The molecule has 1 rings (SSSR count). The fraction of sp³-hybridized carbons (Fsp3) is 0.200. The van der Waals surface area contributed by atoms with Crippen LogP contribution in [0.4, 0.5) is 0 Å². The Morgan fingerprint density at radius 2 is 2.46 bits per heavy atom. The van der Waals surface area contributed by atoms with Crippen molar-refractivity contribution in [2.75, 3.05) is 6.54 Å². The summed E-state index contributed by atoms with van der Waals surface area (Å²) in [5, 5.41) is 8.73. The number of hydrogen-bond donors (Lipinski definition) is 1. The molecule has 1 heterocycles. The van der Waals surface area contributed by atoms with Gasteiger partial charge >= 0.3 is 0 Å². The van der Waals surface area contributed by atoms with Gasteiger partial charge in [0.05, 0.1) is 11.3 Å². The van der Waals surface area contributed by atoms with E-state index >= 15 is 0 Å². The van der Waals surface area contributed by atoms with Crippen molar-refractivity contribution in [2.45, 2.75) is 6.42 Å². The third kappa shape index (κ3) is 2.69. The molecular weight excluding hydrogens is 162 g/mol. The van der Waals surface area contributed by atoms with Crippen LogP contribution in [0.5, 0.6) is 0 Å². The zero-order valence-electron chi connectivity index (χ0n) is 7.27. The first-order chi connectivity index (χ1) is 6.38. The van der Waals surface area contributed by atoms with Crippen LogP contribution < -0.4 is 5.73 Å². The van der Waals surface area contributed by atoms with Crippen molar-refractivity contribution in [1.82, 2.24) is 4.98 Å². The van der Waals surface area contributed by atoms with Gasteiger partial charge < -0.3 is 5.73 Å². The number of nitrogens with zero attached hydrogens (tertiary/aromatic N) is 2. The SMILES string of the molecule is N#Cc1cccnc1C=CCCN. The Kier molecular flexibility index (Phi) is 3.68. The van der Waals surface area contributed by atoms with E-state index in [1.807, 2.05) is 12.2 Å². The van der Waals surface area contributed by atoms with Gasteiger partial charge in [0.1, 0.15) is 6.07 Å². The van der Waals surface area contributed by atoms with Crippen LogP contribution in [-0.2, 0) is 0 Å². The molecule has 0 fully saturated rings. The minimum absolute atomic E-state index is 0.593. The van der Waals surface area contributed by atoms with Crippen molar-refractivity contribution in [2.24, 2.45) is 5.73 Å². The Morgan fingerprint density at radius 3 is 3.15 bits per heavy atom. The summed E-state index contributed by atoms with van der Waals surface area (Å²) in [5.41, 5.74) is 6.63. The summed E-state index contributed by atoms with van der Waals surface area (Å²) >= 11 is 0. The van der Waals surface area contributed by atoms with Crippen LogP contribution in [0, 0.1) is 11.3 Å². The second kappa shape index (κ2) is 5.07. The number of nitrogens with two attached hydrogens (primary N) is 1. The van der Waals surface area contributed by atoms with Crippen molar-refractivity contribution >= 4 is 6.08 Å². The van der Waals surface area contributed by atoms with Gasteiger partial charge in [-0.05, 0) is 31.2 Å². The number of rotatable bonds is 3. The molecule has 0 aliphatic rings. The van der Waals surface area contributed by atoms with E-state index in [2.05, 4.69) is 11.1 Å². The van der Waals surface area contributed by atoms with Crippen LogP contribution >= 0.6 is 0 Å². The number of nitriles is 1. The lowest BCUT2D eigenvalue weighted by Gasteiger charge is -1.94. The van der Waals surface area contributed by atoms with Crippen molar-refractivity contribution in [3.05, 3.63) is 35.7 Å². The maximum Gasteiger partial charge on any atom is 0.101 e. The Labute approximate surface area is 77.5 Å². The highest BCUT2D eigenvalue weighted by molar-refractivity contribution is 5.53. The Morgan fingerprint density at radius 1 is 1.62 bits per heavy atom. The molecule has 0 saturated carbocycles. The lowest BCUT2D eigenvalue weighted by Crippen LogP contribution is -1.95. The fourth-order valence-electron chi connectivity index (χ4n) is 0.936. The molecule has 0 saturated heterocycles. The van der Waals surface area contributed by atoms with E-state index in [0.29, 0.717) is 17.8 Å². The van der Waals surface area contributed by atoms with Crippen molar-refractivity contribution in [1.29, 1.82) is 5.26 Å². The van der Waals surface area contributed by atoms with E-state index in [1.54, 1.807) is 18.3 Å². The molecule has 0 radical (unpaired) electrons. The Hall–Kier alpha value is -1.66. The first-order valence-electron chi connectivity index (χ1n) is 4.10.